The van der Waals surface area contributed by atoms with Crippen molar-refractivity contribution in [2.45, 2.75) is 0 Å². The van der Waals surface area contributed by atoms with Crippen molar-refractivity contribution in [3.8, 4) is 10.4 Å². The summed E-state index contributed by atoms with van der Waals surface area (Å²) in [5.74, 6) is 0. The molecule has 0 aliphatic carbocycles. The minimum Gasteiger partial charge on any atom is -0.134 e. The highest BCUT2D eigenvalue weighted by Crippen LogP contribution is 2.36. The van der Waals surface area contributed by atoms with Crippen LogP contribution in [0.2, 0.25) is 0 Å². The van der Waals surface area contributed by atoms with Gasteiger partial charge < -0.3 is 0 Å². The fourth-order valence-electron chi connectivity index (χ4n) is 1.11. The van der Waals surface area contributed by atoms with Gasteiger partial charge in [0.15, 0.2) is 0 Å². The number of halogens is 2. The molecule has 0 aliphatic rings. The van der Waals surface area contributed by atoms with Crippen LogP contribution in [0, 0.1) is 5.38 Å². The van der Waals surface area contributed by atoms with Crippen molar-refractivity contribution in [1.29, 1.82) is 0 Å². The third-order valence-electron chi connectivity index (χ3n) is 1.68. The lowest BCUT2D eigenvalue weighted by molar-refractivity contribution is 1.60. The van der Waals surface area contributed by atoms with Crippen molar-refractivity contribution in [2.75, 3.05) is 0 Å². The smallest absolute Gasteiger partial charge is 0.0449 e. The van der Waals surface area contributed by atoms with Gasteiger partial charge in [-0.25, -0.2) is 0 Å². The maximum Gasteiger partial charge on any atom is 0.0449 e. The predicted molar refractivity (Wildman–Crippen MR) is 64.0 cm³/mol. The van der Waals surface area contributed by atoms with Gasteiger partial charge in [0.2, 0.25) is 0 Å². The molecule has 0 amide bonds. The highest BCUT2D eigenvalue weighted by Gasteiger charge is 2.07. The topological polar surface area (TPSA) is 0 Å². The summed E-state index contributed by atoms with van der Waals surface area (Å²) in [6, 6.07) is 10.1. The van der Waals surface area contributed by atoms with E-state index < -0.39 is 0 Å². The van der Waals surface area contributed by atoms with Crippen LogP contribution in [-0.4, -0.2) is 0 Å². The van der Waals surface area contributed by atoms with Crippen molar-refractivity contribution < 1.29 is 0 Å². The average Bonchev–Trinajstić information content (AvgIpc) is 2.57. The van der Waals surface area contributed by atoms with Crippen molar-refractivity contribution in [3.63, 3.8) is 0 Å². The van der Waals surface area contributed by atoms with E-state index in [-0.39, 0.29) is 0 Å². The van der Waals surface area contributed by atoms with E-state index in [2.05, 4.69) is 43.3 Å². The Labute approximate surface area is 97.9 Å². The van der Waals surface area contributed by atoms with E-state index in [0.29, 0.717) is 0 Å². The Morgan fingerprint density at radius 1 is 1.08 bits per heavy atom. The van der Waals surface area contributed by atoms with E-state index in [1.165, 1.54) is 10.4 Å². The van der Waals surface area contributed by atoms with Crippen molar-refractivity contribution in [2.24, 2.45) is 0 Å². The average molecular weight is 317 g/mol. The molecule has 0 spiro atoms. The molecular formula is C10H5Br2S. The highest BCUT2D eigenvalue weighted by molar-refractivity contribution is 9.11. The number of rotatable bonds is 1. The van der Waals surface area contributed by atoms with Gasteiger partial charge in [0.05, 0.1) is 0 Å². The molecule has 1 aromatic carbocycles. The number of hydrogen-bond donors (Lipinski definition) is 0. The lowest BCUT2D eigenvalue weighted by atomic mass is 10.2. The molecule has 0 fully saturated rings. The second kappa shape index (κ2) is 3.95. The zero-order valence-corrected chi connectivity index (χ0v) is 10.5. The predicted octanol–water partition coefficient (Wildman–Crippen LogP) is 4.74. The zero-order chi connectivity index (χ0) is 9.26. The maximum atomic E-state index is 3.53. The van der Waals surface area contributed by atoms with Gasteiger partial charge in [-0.3, -0.25) is 0 Å². The third kappa shape index (κ3) is 1.87. The first kappa shape index (κ1) is 9.44. The second-order valence-corrected chi connectivity index (χ2v) is 5.10. The molecule has 0 atom stereocenters. The van der Waals surface area contributed by atoms with Crippen LogP contribution >= 0.6 is 43.2 Å². The lowest BCUT2D eigenvalue weighted by Gasteiger charge is -2.03. The van der Waals surface area contributed by atoms with Crippen LogP contribution in [0.3, 0.4) is 0 Å². The van der Waals surface area contributed by atoms with E-state index >= 15 is 0 Å². The molecular weight excluding hydrogens is 312 g/mol. The maximum absolute atomic E-state index is 3.53. The first-order valence-electron chi connectivity index (χ1n) is 3.69. The summed E-state index contributed by atoms with van der Waals surface area (Å²) in [5, 5.41) is 3.08. The Kier molecular flexibility index (Phi) is 2.86. The molecule has 0 saturated carbocycles. The van der Waals surface area contributed by atoms with E-state index in [0.717, 1.165) is 8.95 Å². The van der Waals surface area contributed by atoms with Crippen LogP contribution in [0.5, 0.6) is 0 Å². The molecule has 13 heavy (non-hydrogen) atoms. The van der Waals surface area contributed by atoms with Gasteiger partial charge in [-0.05, 0) is 24.3 Å². The molecule has 0 N–H and O–H groups in total. The SMILES string of the molecule is Brc1cccc(Br)c1-c1cc[c]s1. The van der Waals surface area contributed by atoms with E-state index in [1.807, 2.05) is 24.3 Å². The van der Waals surface area contributed by atoms with Crippen molar-refractivity contribution >= 4 is 43.2 Å². The third-order valence-corrected chi connectivity index (χ3v) is 3.82. The monoisotopic (exact) mass is 315 g/mol. The summed E-state index contributed by atoms with van der Waals surface area (Å²) in [5.41, 5.74) is 1.20. The molecule has 2 aromatic rings. The highest BCUT2D eigenvalue weighted by atomic mass is 79.9. The number of thiophene rings is 1. The van der Waals surface area contributed by atoms with Crippen LogP contribution in [0.15, 0.2) is 39.3 Å². The molecule has 0 bridgehead atoms. The van der Waals surface area contributed by atoms with Gasteiger partial charge in [0.1, 0.15) is 0 Å². The van der Waals surface area contributed by atoms with Crippen LogP contribution < -0.4 is 0 Å². The number of benzene rings is 1. The molecule has 0 nitrogen and oxygen atoms in total. The van der Waals surface area contributed by atoms with Gasteiger partial charge in [-0.2, -0.15) is 0 Å². The van der Waals surface area contributed by atoms with Gasteiger partial charge in [-0.1, -0.05) is 37.9 Å². The molecule has 1 aromatic heterocycles. The molecule has 0 aliphatic heterocycles. The summed E-state index contributed by atoms with van der Waals surface area (Å²) in [6.07, 6.45) is 0. The summed E-state index contributed by atoms with van der Waals surface area (Å²) in [6.45, 7) is 0. The van der Waals surface area contributed by atoms with Gasteiger partial charge in [-0.15, -0.1) is 11.3 Å². The molecule has 65 valence electrons. The molecule has 1 radical (unpaired) electrons. The summed E-state index contributed by atoms with van der Waals surface area (Å²) in [7, 11) is 0. The van der Waals surface area contributed by atoms with Crippen molar-refractivity contribution in [3.05, 3.63) is 44.7 Å². The summed E-state index contributed by atoms with van der Waals surface area (Å²) in [4.78, 5) is 1.22. The quantitative estimate of drug-likeness (QED) is 0.713. The normalized spacial score (nSPS) is 10.3. The Balaban J connectivity index is 2.64. The van der Waals surface area contributed by atoms with Crippen LogP contribution in [0.4, 0.5) is 0 Å². The van der Waals surface area contributed by atoms with E-state index in [9.17, 15) is 0 Å². The minimum atomic E-state index is 1.11. The second-order valence-electron chi connectivity index (χ2n) is 2.51. The Bertz CT molecular complexity index is 387. The molecule has 3 heteroatoms. The van der Waals surface area contributed by atoms with Gasteiger partial charge in [0.25, 0.3) is 0 Å². The van der Waals surface area contributed by atoms with Gasteiger partial charge in [0, 0.05) is 24.8 Å². The molecule has 0 saturated heterocycles. The fourth-order valence-corrected chi connectivity index (χ4v) is 3.52. The largest absolute Gasteiger partial charge is 0.134 e. The molecule has 1 heterocycles. The van der Waals surface area contributed by atoms with Gasteiger partial charge >= 0.3 is 0 Å². The molecule has 0 unspecified atom stereocenters. The Hall–Kier alpha value is -0.120. The summed E-state index contributed by atoms with van der Waals surface area (Å²) < 4.78 is 2.22. The lowest BCUT2D eigenvalue weighted by Crippen LogP contribution is -1.76. The fraction of sp³-hybridized carbons (Fsp3) is 0. The van der Waals surface area contributed by atoms with Crippen LogP contribution in [0.1, 0.15) is 0 Å². The van der Waals surface area contributed by atoms with E-state index in [1.54, 1.807) is 11.3 Å². The number of hydrogen-bond acceptors (Lipinski definition) is 1. The minimum absolute atomic E-state index is 1.11. The van der Waals surface area contributed by atoms with Crippen LogP contribution in [-0.2, 0) is 0 Å². The summed E-state index contributed by atoms with van der Waals surface area (Å²) >= 11 is 8.68. The van der Waals surface area contributed by atoms with E-state index in [4.69, 9.17) is 0 Å². The Morgan fingerprint density at radius 3 is 2.31 bits per heavy atom. The van der Waals surface area contributed by atoms with Crippen LogP contribution in [0.25, 0.3) is 10.4 Å². The first-order valence-corrected chi connectivity index (χ1v) is 6.09. The molecule has 2 rings (SSSR count). The van der Waals surface area contributed by atoms with Crippen molar-refractivity contribution in [1.82, 2.24) is 0 Å². The first-order chi connectivity index (χ1) is 6.29. The standard InChI is InChI=1S/C10H5Br2S/c11-7-3-1-4-8(12)10(7)9-5-2-6-13-9/h1-5H. The Morgan fingerprint density at radius 2 is 1.77 bits per heavy atom. The zero-order valence-electron chi connectivity index (χ0n) is 6.55.